The van der Waals surface area contributed by atoms with Crippen molar-refractivity contribution in [3.8, 4) is 0 Å². The molecule has 3 N–H and O–H groups in total. The van der Waals surface area contributed by atoms with Gasteiger partial charge < -0.3 is 25.8 Å². The Hall–Kier alpha value is -5.03. The lowest BCUT2D eigenvalue weighted by molar-refractivity contribution is -0.142. The minimum Gasteiger partial charge on any atom is -0.355 e. The predicted molar refractivity (Wildman–Crippen MR) is 247 cm³/mol. The molecule has 0 aromatic heterocycles. The first-order chi connectivity index (χ1) is 30.7. The highest BCUT2D eigenvalue weighted by molar-refractivity contribution is 5.97. The third-order valence-corrected chi connectivity index (χ3v) is 13.8. The highest BCUT2D eigenvalue weighted by atomic mass is 16.2. The summed E-state index contributed by atoms with van der Waals surface area (Å²) in [5.41, 5.74) is 3.68. The summed E-state index contributed by atoms with van der Waals surface area (Å²) in [6.07, 6.45) is 16.9. The van der Waals surface area contributed by atoms with Crippen LogP contribution in [-0.2, 0) is 25.7 Å². The molecule has 11 nitrogen and oxygen atoms in total. The van der Waals surface area contributed by atoms with Crippen molar-refractivity contribution in [1.82, 2.24) is 30.7 Å². The van der Waals surface area contributed by atoms with Gasteiger partial charge in [0.2, 0.25) is 23.6 Å². The van der Waals surface area contributed by atoms with Gasteiger partial charge in [-0.3, -0.25) is 28.9 Å². The van der Waals surface area contributed by atoms with E-state index in [-0.39, 0.29) is 73.1 Å². The Kier molecular flexibility index (Phi) is 16.5. The molecule has 3 aromatic carbocycles. The fourth-order valence-electron chi connectivity index (χ4n) is 9.69. The molecule has 2 saturated heterocycles. The number of rotatable bonds is 23. The lowest BCUT2D eigenvalue weighted by Gasteiger charge is -2.38. The summed E-state index contributed by atoms with van der Waals surface area (Å²) in [5.74, 6) is -1.56. The number of amides is 5. The first-order valence-corrected chi connectivity index (χ1v) is 24.0. The van der Waals surface area contributed by atoms with Crippen LogP contribution in [0.2, 0.25) is 0 Å². The number of piperazine rings is 1. The molecule has 2 saturated carbocycles. The Morgan fingerprint density at radius 2 is 1.10 bits per heavy atom. The summed E-state index contributed by atoms with van der Waals surface area (Å²) in [5, 5.41) is 9.53. The molecule has 0 unspecified atom stereocenters. The number of benzene rings is 3. The molecule has 2 aliphatic carbocycles. The molecule has 0 bridgehead atoms. The lowest BCUT2D eigenvalue weighted by Crippen LogP contribution is -2.59. The van der Waals surface area contributed by atoms with Crippen LogP contribution in [0.3, 0.4) is 0 Å². The van der Waals surface area contributed by atoms with Crippen molar-refractivity contribution in [2.75, 3.05) is 39.8 Å². The molecule has 63 heavy (non-hydrogen) atoms. The van der Waals surface area contributed by atoms with Gasteiger partial charge in [-0.1, -0.05) is 150 Å². The summed E-state index contributed by atoms with van der Waals surface area (Å²) in [4.78, 5) is 73.4. The van der Waals surface area contributed by atoms with Crippen LogP contribution in [-0.4, -0.2) is 102 Å². The van der Waals surface area contributed by atoms with E-state index in [4.69, 9.17) is 0 Å². The van der Waals surface area contributed by atoms with Crippen molar-refractivity contribution < 1.29 is 24.0 Å². The van der Waals surface area contributed by atoms with Gasteiger partial charge in [0, 0.05) is 62.2 Å². The van der Waals surface area contributed by atoms with E-state index in [0.717, 1.165) is 31.2 Å². The van der Waals surface area contributed by atoms with E-state index in [2.05, 4.69) is 47.1 Å². The number of carbonyl (C=O) groups excluding carboxylic acids is 5. The maximum atomic E-state index is 14.0. The Balaban J connectivity index is 0.883. The van der Waals surface area contributed by atoms with Crippen LogP contribution in [0, 0.1) is 11.8 Å². The van der Waals surface area contributed by atoms with Gasteiger partial charge >= 0.3 is 0 Å². The summed E-state index contributed by atoms with van der Waals surface area (Å²) < 4.78 is 0. The summed E-state index contributed by atoms with van der Waals surface area (Å²) in [6, 6.07) is 27.1. The molecule has 2 heterocycles. The number of carbonyl (C=O) groups is 5. The molecule has 11 heteroatoms. The molecular formula is C52H70N6O5. The zero-order valence-corrected chi connectivity index (χ0v) is 37.6. The number of nitrogens with zero attached hydrogens (tertiary/aromatic N) is 3. The van der Waals surface area contributed by atoms with Crippen molar-refractivity contribution in [2.24, 2.45) is 11.8 Å². The molecule has 7 atom stereocenters. The predicted octanol–water partition coefficient (Wildman–Crippen LogP) is 7.18. The van der Waals surface area contributed by atoms with Crippen LogP contribution in [0.4, 0.5) is 0 Å². The fourth-order valence-corrected chi connectivity index (χ4v) is 9.69. The van der Waals surface area contributed by atoms with E-state index in [1.165, 1.54) is 75.3 Å². The average Bonchev–Trinajstić information content (AvgIpc) is 4.21. The maximum Gasteiger partial charge on any atom is 0.253 e. The summed E-state index contributed by atoms with van der Waals surface area (Å²) in [6.45, 7) is 3.98. The highest BCUT2D eigenvalue weighted by Gasteiger charge is 2.49. The number of hydrogen-bond donors (Lipinski definition) is 3. The van der Waals surface area contributed by atoms with Gasteiger partial charge in [0.1, 0.15) is 6.04 Å². The third-order valence-electron chi connectivity index (χ3n) is 13.8. The normalized spacial score (nSPS) is 24.2. The second-order valence-corrected chi connectivity index (χ2v) is 18.7. The first kappa shape index (κ1) is 46.0. The Bertz CT molecular complexity index is 1900. The summed E-state index contributed by atoms with van der Waals surface area (Å²) >= 11 is 0. The molecule has 4 fully saturated rings. The number of nitrogens with one attached hydrogen (secondary N) is 3. The molecule has 0 radical (unpaired) electrons. The number of hydrogen-bond acceptors (Lipinski definition) is 6. The van der Waals surface area contributed by atoms with Crippen molar-refractivity contribution in [3.05, 3.63) is 107 Å². The van der Waals surface area contributed by atoms with Crippen LogP contribution in [0.25, 0.3) is 0 Å². The van der Waals surface area contributed by atoms with Crippen LogP contribution < -0.4 is 16.0 Å². The van der Waals surface area contributed by atoms with E-state index in [9.17, 15) is 24.0 Å². The van der Waals surface area contributed by atoms with Gasteiger partial charge in [-0.05, 0) is 55.1 Å². The third kappa shape index (κ3) is 12.8. The van der Waals surface area contributed by atoms with Gasteiger partial charge in [-0.2, -0.15) is 0 Å². The van der Waals surface area contributed by atoms with Crippen molar-refractivity contribution in [1.29, 1.82) is 0 Å². The van der Waals surface area contributed by atoms with E-state index in [1.807, 2.05) is 60.5 Å². The molecule has 0 spiro atoms. The van der Waals surface area contributed by atoms with Crippen LogP contribution >= 0.6 is 0 Å². The van der Waals surface area contributed by atoms with Gasteiger partial charge in [0.05, 0.1) is 18.4 Å². The minimum atomic E-state index is -0.669. The standard InChI is InChI=1S/C52H70N6O5/c1-3-4-5-6-7-8-9-10-11-12-13-20-29-53-51(62)47-35-57(48(59)36-56(47)2)32-37-25-27-40(28-26-37)52(63)58-33-43(49(60)54-45-30-41(45)38-21-16-14-17-22-38)44(34-58)50(61)55-46-31-42(46)39-23-18-15-19-24-39/h14-19,21-28,41-47H,3-13,20,29-36H2,1-2H3,(H,53,62)(H,54,60)(H,55,61)/t41-,42-,43-,44-,45+,46+,47-/m1/s1. The Labute approximate surface area is 375 Å². The zero-order valence-electron chi connectivity index (χ0n) is 37.6. The highest BCUT2D eigenvalue weighted by Crippen LogP contribution is 2.42. The molecule has 4 aliphatic rings. The van der Waals surface area contributed by atoms with Crippen molar-refractivity contribution in [2.45, 2.75) is 133 Å². The number of likely N-dealkylation sites (N-methyl/N-ethyl adjacent to an activating group) is 1. The number of likely N-dealkylation sites (tertiary alicyclic amines) is 1. The van der Waals surface area contributed by atoms with Gasteiger partial charge in [-0.25, -0.2) is 0 Å². The molecule has 7 rings (SSSR count). The monoisotopic (exact) mass is 859 g/mol. The molecular weight excluding hydrogens is 789 g/mol. The smallest absolute Gasteiger partial charge is 0.253 e. The second kappa shape index (κ2) is 22.5. The van der Waals surface area contributed by atoms with E-state index < -0.39 is 17.9 Å². The topological polar surface area (TPSA) is 131 Å². The SMILES string of the molecule is CCCCCCCCCCCCCCNC(=O)[C@H]1CN(Cc2ccc(C(=O)N3C[C@@H](C(=O)N[C@H]4C[C@@H]4c4ccccc4)[C@H](C(=O)N[C@H]4C[C@@H]4c4ccccc4)C3)cc2)C(=O)CN1C. The van der Waals surface area contributed by atoms with Crippen molar-refractivity contribution >= 4 is 29.5 Å². The lowest BCUT2D eigenvalue weighted by atomic mass is 9.94. The molecule has 338 valence electrons. The zero-order chi connectivity index (χ0) is 44.1. The van der Waals surface area contributed by atoms with Gasteiger partial charge in [-0.15, -0.1) is 0 Å². The molecule has 5 amide bonds. The van der Waals surface area contributed by atoms with Gasteiger partial charge in [0.15, 0.2) is 0 Å². The van der Waals surface area contributed by atoms with E-state index in [0.29, 0.717) is 25.2 Å². The fraction of sp³-hybridized carbons (Fsp3) is 0.558. The first-order valence-electron chi connectivity index (χ1n) is 24.0. The van der Waals surface area contributed by atoms with E-state index in [1.54, 1.807) is 21.9 Å². The maximum absolute atomic E-state index is 14.0. The molecule has 3 aromatic rings. The quantitative estimate of drug-likeness (QED) is 0.0867. The van der Waals surface area contributed by atoms with Crippen LogP contribution in [0.5, 0.6) is 0 Å². The number of unbranched alkanes of at least 4 members (excludes halogenated alkanes) is 11. The Morgan fingerprint density at radius 1 is 0.603 bits per heavy atom. The largest absolute Gasteiger partial charge is 0.355 e. The van der Waals surface area contributed by atoms with E-state index >= 15 is 0 Å². The second-order valence-electron chi connectivity index (χ2n) is 18.7. The van der Waals surface area contributed by atoms with Crippen LogP contribution in [0.15, 0.2) is 84.9 Å². The summed E-state index contributed by atoms with van der Waals surface area (Å²) in [7, 11) is 1.82. The average molecular weight is 859 g/mol. The Morgan fingerprint density at radius 3 is 1.60 bits per heavy atom. The molecule has 2 aliphatic heterocycles. The van der Waals surface area contributed by atoms with Crippen molar-refractivity contribution in [3.63, 3.8) is 0 Å². The van der Waals surface area contributed by atoms with Crippen LogP contribution in [0.1, 0.15) is 136 Å². The van der Waals surface area contributed by atoms with Gasteiger partial charge in [0.25, 0.3) is 5.91 Å². The minimum absolute atomic E-state index is 0.00714.